The second-order valence-corrected chi connectivity index (χ2v) is 2.73. The zero-order chi connectivity index (χ0) is 11.6. The fraction of sp³-hybridized carbons (Fsp3) is 0.818. The van der Waals surface area contributed by atoms with E-state index in [1.807, 2.05) is 27.7 Å². The van der Waals surface area contributed by atoms with Crippen LogP contribution >= 0.6 is 0 Å². The maximum atomic E-state index is 11.0. The Morgan fingerprint density at radius 1 is 1.29 bits per heavy atom. The van der Waals surface area contributed by atoms with Crippen molar-refractivity contribution in [1.82, 2.24) is 5.32 Å². The van der Waals surface area contributed by atoms with Gasteiger partial charge >= 0.3 is 0 Å². The molecule has 1 fully saturated rings. The smallest absolute Gasteiger partial charge is 0.226 e. The lowest BCUT2D eigenvalue weighted by molar-refractivity contribution is -0.127. The molecule has 0 unspecified atom stereocenters. The Morgan fingerprint density at radius 2 is 1.71 bits per heavy atom. The van der Waals surface area contributed by atoms with Gasteiger partial charge in [-0.1, -0.05) is 27.7 Å². The summed E-state index contributed by atoms with van der Waals surface area (Å²) in [5.41, 5.74) is -0.309. The number of carbonyl (C=O) groups excluding carboxylic acids is 2. The first-order valence-electron chi connectivity index (χ1n) is 5.41. The van der Waals surface area contributed by atoms with Crippen molar-refractivity contribution in [2.24, 2.45) is 5.41 Å². The molecule has 1 aliphatic rings. The molecule has 0 aliphatic heterocycles. The van der Waals surface area contributed by atoms with Crippen molar-refractivity contribution in [1.29, 1.82) is 0 Å². The summed E-state index contributed by atoms with van der Waals surface area (Å²) in [6.45, 7) is 8.00. The third-order valence-corrected chi connectivity index (χ3v) is 2.04. The van der Waals surface area contributed by atoms with Gasteiger partial charge in [0.25, 0.3) is 0 Å². The van der Waals surface area contributed by atoms with Crippen molar-refractivity contribution in [3.05, 3.63) is 0 Å². The van der Waals surface area contributed by atoms with Crippen molar-refractivity contribution < 1.29 is 9.59 Å². The molecule has 3 nitrogen and oxygen atoms in total. The van der Waals surface area contributed by atoms with E-state index in [9.17, 15) is 9.59 Å². The molecule has 1 aliphatic carbocycles. The molecule has 3 heteroatoms. The minimum absolute atomic E-state index is 0.0135. The van der Waals surface area contributed by atoms with Gasteiger partial charge in [0.15, 0.2) is 0 Å². The molecule has 0 aromatic heterocycles. The van der Waals surface area contributed by atoms with Gasteiger partial charge in [-0.25, -0.2) is 0 Å². The summed E-state index contributed by atoms with van der Waals surface area (Å²) in [6, 6.07) is 0. The van der Waals surface area contributed by atoms with Gasteiger partial charge < -0.3 is 10.1 Å². The lowest BCUT2D eigenvalue weighted by Crippen LogP contribution is -2.28. The Labute approximate surface area is 87.3 Å². The highest BCUT2D eigenvalue weighted by Gasteiger charge is 2.48. The van der Waals surface area contributed by atoms with Crippen LogP contribution in [0.1, 0.15) is 47.0 Å². The highest BCUT2D eigenvalue weighted by Crippen LogP contribution is 2.48. The van der Waals surface area contributed by atoms with Crippen LogP contribution in [0, 0.1) is 5.41 Å². The number of carbonyl (C=O) groups is 2. The number of rotatable bonds is 3. The molecule has 1 saturated carbocycles. The summed E-state index contributed by atoms with van der Waals surface area (Å²) in [4.78, 5) is 21.1. The van der Waals surface area contributed by atoms with Gasteiger partial charge in [0.1, 0.15) is 6.29 Å². The molecule has 14 heavy (non-hydrogen) atoms. The van der Waals surface area contributed by atoms with Crippen LogP contribution in [-0.4, -0.2) is 19.2 Å². The van der Waals surface area contributed by atoms with Crippen molar-refractivity contribution in [3.63, 3.8) is 0 Å². The molecule has 1 N–H and O–H groups in total. The molecule has 0 radical (unpaired) electrons. The van der Waals surface area contributed by atoms with Crippen molar-refractivity contribution in [3.8, 4) is 0 Å². The number of aldehydes is 1. The maximum Gasteiger partial charge on any atom is 0.226 e. The summed E-state index contributed by atoms with van der Waals surface area (Å²) in [5.74, 6) is 0.0135. The van der Waals surface area contributed by atoms with Gasteiger partial charge in [0.05, 0.1) is 5.41 Å². The van der Waals surface area contributed by atoms with Crippen molar-refractivity contribution >= 4 is 12.2 Å². The van der Waals surface area contributed by atoms with E-state index in [0.29, 0.717) is 6.42 Å². The van der Waals surface area contributed by atoms with Crippen LogP contribution in [0.15, 0.2) is 0 Å². The summed E-state index contributed by atoms with van der Waals surface area (Å²) in [5, 5.41) is 2.55. The van der Waals surface area contributed by atoms with Crippen molar-refractivity contribution in [2.75, 3.05) is 7.05 Å². The highest BCUT2D eigenvalue weighted by molar-refractivity contribution is 5.87. The number of amides is 1. The first kappa shape index (κ1) is 15.6. The Hall–Kier alpha value is -0.860. The van der Waals surface area contributed by atoms with Gasteiger partial charge in [0, 0.05) is 13.5 Å². The summed E-state index contributed by atoms with van der Waals surface area (Å²) in [7, 11) is 1.60. The molecule has 0 spiro atoms. The Morgan fingerprint density at radius 3 is 1.93 bits per heavy atom. The first-order chi connectivity index (χ1) is 6.75. The van der Waals surface area contributed by atoms with Gasteiger partial charge in [-0.3, -0.25) is 4.79 Å². The van der Waals surface area contributed by atoms with E-state index in [1.54, 1.807) is 7.05 Å². The second kappa shape index (κ2) is 8.73. The third kappa shape index (κ3) is 4.40. The Bertz CT molecular complexity index is 163. The average molecular weight is 201 g/mol. The van der Waals surface area contributed by atoms with Gasteiger partial charge in [-0.05, 0) is 12.8 Å². The van der Waals surface area contributed by atoms with Crippen LogP contribution in [-0.2, 0) is 9.59 Å². The van der Waals surface area contributed by atoms with Gasteiger partial charge in [-0.2, -0.15) is 0 Å². The molecule has 0 aromatic rings. The quantitative estimate of drug-likeness (QED) is 0.711. The van der Waals surface area contributed by atoms with E-state index in [4.69, 9.17) is 0 Å². The SMILES string of the molecule is CC.CC.CNC(=O)C1(CC=O)CC1. The molecule has 0 saturated heterocycles. The van der Waals surface area contributed by atoms with E-state index in [0.717, 1.165) is 19.1 Å². The monoisotopic (exact) mass is 201 g/mol. The molecule has 1 rings (SSSR count). The molecule has 0 atom stereocenters. The number of hydrogen-bond acceptors (Lipinski definition) is 2. The van der Waals surface area contributed by atoms with Gasteiger partial charge in [0.2, 0.25) is 5.91 Å². The Kier molecular flexibility index (Phi) is 9.73. The van der Waals surface area contributed by atoms with Crippen LogP contribution in [0.5, 0.6) is 0 Å². The zero-order valence-corrected chi connectivity index (χ0v) is 10.0. The van der Waals surface area contributed by atoms with Crippen LogP contribution in [0.3, 0.4) is 0 Å². The fourth-order valence-corrected chi connectivity index (χ4v) is 1.10. The van der Waals surface area contributed by atoms with E-state index in [2.05, 4.69) is 5.32 Å². The normalized spacial score (nSPS) is 14.9. The fourth-order valence-electron chi connectivity index (χ4n) is 1.10. The topological polar surface area (TPSA) is 46.2 Å². The van der Waals surface area contributed by atoms with Gasteiger partial charge in [-0.15, -0.1) is 0 Å². The molecular formula is C11H23NO2. The van der Waals surface area contributed by atoms with E-state index in [-0.39, 0.29) is 11.3 Å². The van der Waals surface area contributed by atoms with Crippen molar-refractivity contribution in [2.45, 2.75) is 47.0 Å². The third-order valence-electron chi connectivity index (χ3n) is 2.04. The van der Waals surface area contributed by atoms with E-state index < -0.39 is 0 Å². The largest absolute Gasteiger partial charge is 0.359 e. The van der Waals surface area contributed by atoms with Crippen LogP contribution in [0.2, 0.25) is 0 Å². The minimum Gasteiger partial charge on any atom is -0.359 e. The molecular weight excluding hydrogens is 178 g/mol. The number of nitrogens with one attached hydrogen (secondary N) is 1. The van der Waals surface area contributed by atoms with E-state index in [1.165, 1.54) is 0 Å². The second-order valence-electron chi connectivity index (χ2n) is 2.73. The zero-order valence-electron chi connectivity index (χ0n) is 10.0. The minimum atomic E-state index is -0.309. The van der Waals surface area contributed by atoms with Crippen LogP contribution < -0.4 is 5.32 Å². The van der Waals surface area contributed by atoms with Crippen LogP contribution in [0.4, 0.5) is 0 Å². The summed E-state index contributed by atoms with van der Waals surface area (Å²) >= 11 is 0. The molecule has 84 valence electrons. The lowest BCUT2D eigenvalue weighted by Gasteiger charge is -2.07. The Balaban J connectivity index is 0. The molecule has 0 heterocycles. The maximum absolute atomic E-state index is 11.0. The average Bonchev–Trinajstić information content (AvgIpc) is 3.04. The van der Waals surface area contributed by atoms with E-state index >= 15 is 0 Å². The first-order valence-corrected chi connectivity index (χ1v) is 5.41. The van der Waals surface area contributed by atoms with Crippen LogP contribution in [0.25, 0.3) is 0 Å². The standard InChI is InChI=1S/C7H11NO2.2C2H6/c1-8-6(10)7(2-3-7)4-5-9;2*1-2/h5H,2-4H2,1H3,(H,8,10);2*1-2H3. The predicted molar refractivity (Wildman–Crippen MR) is 59.1 cm³/mol. The summed E-state index contributed by atoms with van der Waals surface area (Å²) in [6.07, 6.45) is 2.94. The lowest BCUT2D eigenvalue weighted by atomic mass is 10.0. The summed E-state index contributed by atoms with van der Waals surface area (Å²) < 4.78 is 0. The molecule has 0 bridgehead atoms. The highest BCUT2D eigenvalue weighted by atomic mass is 16.2. The number of hydrogen-bond donors (Lipinski definition) is 1. The predicted octanol–water partition coefficient (Wildman–Crippen LogP) is 2.15. The molecule has 0 aromatic carbocycles. The molecule has 1 amide bonds.